The molecule has 19 heavy (non-hydrogen) atoms. The molecule has 0 radical (unpaired) electrons. The first-order valence-corrected chi connectivity index (χ1v) is 6.78. The van der Waals surface area contributed by atoms with Crippen LogP contribution in [0.25, 0.3) is 5.69 Å². The Balaban J connectivity index is 1.69. The Hall–Kier alpha value is -1.68. The summed E-state index contributed by atoms with van der Waals surface area (Å²) in [6, 6.07) is 6.46. The third-order valence-corrected chi connectivity index (χ3v) is 3.81. The summed E-state index contributed by atoms with van der Waals surface area (Å²) in [5, 5.41) is 0. The first-order valence-electron chi connectivity index (χ1n) is 6.78. The highest BCUT2D eigenvalue weighted by Gasteiger charge is 2.38. The van der Waals surface area contributed by atoms with Gasteiger partial charge in [0.1, 0.15) is 5.82 Å². The molecule has 3 rings (SSSR count). The molecule has 0 aliphatic heterocycles. The molecular formula is C15H18FN3. The van der Waals surface area contributed by atoms with Gasteiger partial charge in [-0.25, -0.2) is 9.37 Å². The summed E-state index contributed by atoms with van der Waals surface area (Å²) in [4.78, 5) is 4.47. The molecular weight excluding hydrogens is 241 g/mol. The molecule has 1 aliphatic rings. The highest BCUT2D eigenvalue weighted by molar-refractivity contribution is 5.33. The molecule has 100 valence electrons. The van der Waals surface area contributed by atoms with Gasteiger partial charge < -0.3 is 10.3 Å². The average Bonchev–Trinajstić information content (AvgIpc) is 3.04. The van der Waals surface area contributed by atoms with Crippen molar-refractivity contribution in [1.82, 2.24) is 9.55 Å². The van der Waals surface area contributed by atoms with Crippen LogP contribution in [0.4, 0.5) is 4.39 Å². The fourth-order valence-electron chi connectivity index (χ4n) is 2.59. The largest absolute Gasteiger partial charge is 0.330 e. The number of benzene rings is 1. The zero-order chi connectivity index (χ0) is 13.2. The Morgan fingerprint density at radius 2 is 2.11 bits per heavy atom. The SMILES string of the molecule is NCCCC1CC1c1cn(-c2ccc(F)cc2)cn1. The third kappa shape index (κ3) is 2.68. The number of hydrogen-bond acceptors (Lipinski definition) is 2. The van der Waals surface area contributed by atoms with Crippen molar-refractivity contribution in [3.8, 4) is 5.69 Å². The smallest absolute Gasteiger partial charge is 0.123 e. The average molecular weight is 259 g/mol. The standard InChI is InChI=1S/C15H18FN3/c16-12-3-5-13(6-4-12)19-9-15(18-10-19)14-8-11(14)2-1-7-17/h3-6,9-11,14H,1-2,7-8,17H2. The van der Waals surface area contributed by atoms with Crippen LogP contribution in [0, 0.1) is 11.7 Å². The molecule has 0 bridgehead atoms. The van der Waals surface area contributed by atoms with Crippen molar-refractivity contribution in [1.29, 1.82) is 0 Å². The second-order valence-corrected chi connectivity index (χ2v) is 5.22. The number of nitrogens with two attached hydrogens (primary N) is 1. The fraction of sp³-hybridized carbons (Fsp3) is 0.400. The van der Waals surface area contributed by atoms with Gasteiger partial charge >= 0.3 is 0 Å². The summed E-state index contributed by atoms with van der Waals surface area (Å²) >= 11 is 0. The van der Waals surface area contributed by atoms with Gasteiger partial charge in [0.25, 0.3) is 0 Å². The van der Waals surface area contributed by atoms with Crippen molar-refractivity contribution in [2.24, 2.45) is 11.7 Å². The molecule has 0 amide bonds. The molecule has 2 N–H and O–H groups in total. The third-order valence-electron chi connectivity index (χ3n) is 3.81. The van der Waals surface area contributed by atoms with Crippen molar-refractivity contribution < 1.29 is 4.39 Å². The lowest BCUT2D eigenvalue weighted by Gasteiger charge is -2.00. The maximum atomic E-state index is 12.9. The van der Waals surface area contributed by atoms with Crippen molar-refractivity contribution >= 4 is 0 Å². The van der Waals surface area contributed by atoms with Gasteiger partial charge in [0, 0.05) is 17.8 Å². The van der Waals surface area contributed by atoms with Crippen LogP contribution in [0.5, 0.6) is 0 Å². The van der Waals surface area contributed by atoms with E-state index in [1.165, 1.54) is 25.0 Å². The van der Waals surface area contributed by atoms with E-state index < -0.39 is 0 Å². The van der Waals surface area contributed by atoms with Gasteiger partial charge in [-0.15, -0.1) is 0 Å². The number of aromatic nitrogens is 2. The second-order valence-electron chi connectivity index (χ2n) is 5.22. The summed E-state index contributed by atoms with van der Waals surface area (Å²) in [5.41, 5.74) is 7.62. The van der Waals surface area contributed by atoms with Crippen molar-refractivity contribution in [3.63, 3.8) is 0 Å². The van der Waals surface area contributed by atoms with E-state index in [-0.39, 0.29) is 5.82 Å². The van der Waals surface area contributed by atoms with Crippen molar-refractivity contribution in [2.75, 3.05) is 6.54 Å². The van der Waals surface area contributed by atoms with Gasteiger partial charge in [0.15, 0.2) is 0 Å². The minimum atomic E-state index is -0.215. The second kappa shape index (κ2) is 5.13. The van der Waals surface area contributed by atoms with Crippen LogP contribution in [-0.2, 0) is 0 Å². The van der Waals surface area contributed by atoms with Crippen LogP contribution in [0.2, 0.25) is 0 Å². The van der Waals surface area contributed by atoms with Crippen molar-refractivity contribution in [3.05, 3.63) is 48.3 Å². The van der Waals surface area contributed by atoms with Crippen LogP contribution < -0.4 is 5.73 Å². The maximum absolute atomic E-state index is 12.9. The molecule has 1 aromatic heterocycles. The fourth-order valence-corrected chi connectivity index (χ4v) is 2.59. The summed E-state index contributed by atoms with van der Waals surface area (Å²) < 4.78 is 14.8. The lowest BCUT2D eigenvalue weighted by molar-refractivity contribution is 0.627. The van der Waals surface area contributed by atoms with Crippen LogP contribution in [-0.4, -0.2) is 16.1 Å². The Morgan fingerprint density at radius 1 is 1.32 bits per heavy atom. The van der Waals surface area contributed by atoms with Gasteiger partial charge in [-0.05, 0) is 56.0 Å². The van der Waals surface area contributed by atoms with E-state index in [1.807, 2.05) is 4.57 Å². The summed E-state index contributed by atoms with van der Waals surface area (Å²) in [6.07, 6.45) is 7.38. The Labute approximate surface area is 112 Å². The highest BCUT2D eigenvalue weighted by Crippen LogP contribution is 2.49. The minimum absolute atomic E-state index is 0.215. The number of nitrogens with zero attached hydrogens (tertiary/aromatic N) is 2. The topological polar surface area (TPSA) is 43.8 Å². The molecule has 0 saturated heterocycles. The van der Waals surface area contributed by atoms with E-state index in [0.717, 1.165) is 30.3 Å². The van der Waals surface area contributed by atoms with Gasteiger partial charge in [0.05, 0.1) is 12.0 Å². The van der Waals surface area contributed by atoms with Crippen LogP contribution >= 0.6 is 0 Å². The van der Waals surface area contributed by atoms with E-state index in [9.17, 15) is 4.39 Å². The number of hydrogen-bond donors (Lipinski definition) is 1. The quantitative estimate of drug-likeness (QED) is 0.897. The Morgan fingerprint density at radius 3 is 2.84 bits per heavy atom. The molecule has 1 heterocycles. The van der Waals surface area contributed by atoms with Gasteiger partial charge in [0.2, 0.25) is 0 Å². The molecule has 0 spiro atoms. The van der Waals surface area contributed by atoms with E-state index in [4.69, 9.17) is 5.73 Å². The first-order chi connectivity index (χ1) is 9.28. The van der Waals surface area contributed by atoms with Gasteiger partial charge in [-0.3, -0.25) is 0 Å². The predicted octanol–water partition coefficient (Wildman–Crippen LogP) is 2.85. The summed E-state index contributed by atoms with van der Waals surface area (Å²) in [6.45, 7) is 0.771. The zero-order valence-electron chi connectivity index (χ0n) is 10.8. The molecule has 1 aliphatic carbocycles. The summed E-state index contributed by atoms with van der Waals surface area (Å²) in [5.74, 6) is 1.13. The molecule has 2 atom stereocenters. The molecule has 1 aromatic carbocycles. The molecule has 4 heteroatoms. The Kier molecular flexibility index (Phi) is 3.34. The highest BCUT2D eigenvalue weighted by atomic mass is 19.1. The zero-order valence-corrected chi connectivity index (χ0v) is 10.8. The molecule has 2 aromatic rings. The van der Waals surface area contributed by atoms with Crippen molar-refractivity contribution in [2.45, 2.75) is 25.2 Å². The van der Waals surface area contributed by atoms with Crippen LogP contribution in [0.3, 0.4) is 0 Å². The number of halogens is 1. The number of rotatable bonds is 5. The predicted molar refractivity (Wildman–Crippen MR) is 72.7 cm³/mol. The normalized spacial score (nSPS) is 21.6. The molecule has 1 saturated carbocycles. The molecule has 1 fully saturated rings. The van der Waals surface area contributed by atoms with Gasteiger partial charge in [-0.1, -0.05) is 0 Å². The first kappa shape index (κ1) is 12.4. The molecule has 2 unspecified atom stereocenters. The molecule has 3 nitrogen and oxygen atoms in total. The minimum Gasteiger partial charge on any atom is -0.330 e. The number of imidazole rings is 1. The van der Waals surface area contributed by atoms with Crippen LogP contribution in [0.1, 0.15) is 30.9 Å². The maximum Gasteiger partial charge on any atom is 0.123 e. The van der Waals surface area contributed by atoms with Crippen LogP contribution in [0.15, 0.2) is 36.8 Å². The van der Waals surface area contributed by atoms with Gasteiger partial charge in [-0.2, -0.15) is 0 Å². The van der Waals surface area contributed by atoms with E-state index >= 15 is 0 Å². The monoisotopic (exact) mass is 259 g/mol. The summed E-state index contributed by atoms with van der Waals surface area (Å²) in [7, 11) is 0. The van der Waals surface area contributed by atoms with E-state index in [1.54, 1.807) is 18.5 Å². The van der Waals surface area contributed by atoms with E-state index in [0.29, 0.717) is 5.92 Å². The van der Waals surface area contributed by atoms with E-state index in [2.05, 4.69) is 11.2 Å². The lowest BCUT2D eigenvalue weighted by Crippen LogP contribution is -1.98. The lowest BCUT2D eigenvalue weighted by atomic mass is 10.1. The Bertz CT molecular complexity index is 547.